The second-order valence-electron chi connectivity index (χ2n) is 11.6. The highest BCUT2D eigenvalue weighted by molar-refractivity contribution is 7.92. The third kappa shape index (κ3) is 9.62. The Labute approximate surface area is 250 Å². The molecule has 0 aliphatic heterocycles. The van der Waals surface area contributed by atoms with E-state index in [-0.39, 0.29) is 37.7 Å². The van der Waals surface area contributed by atoms with Crippen molar-refractivity contribution in [3.8, 4) is 5.75 Å². The van der Waals surface area contributed by atoms with E-state index >= 15 is 0 Å². The lowest BCUT2D eigenvalue weighted by Crippen LogP contribution is -2.54. The molecule has 3 aromatic rings. The predicted molar refractivity (Wildman–Crippen MR) is 168 cm³/mol. The Morgan fingerprint density at radius 2 is 1.52 bits per heavy atom. The normalized spacial score (nSPS) is 12.3. The van der Waals surface area contributed by atoms with Crippen molar-refractivity contribution in [1.29, 1.82) is 0 Å². The van der Waals surface area contributed by atoms with Crippen molar-refractivity contribution in [3.05, 3.63) is 95.6 Å². The first kappa shape index (κ1) is 32.7. The van der Waals surface area contributed by atoms with Crippen LogP contribution in [0.15, 0.2) is 78.9 Å². The third-order valence-corrected chi connectivity index (χ3v) is 7.93. The summed E-state index contributed by atoms with van der Waals surface area (Å²) in [5.74, 6) is -0.0373. The summed E-state index contributed by atoms with van der Waals surface area (Å²) in [5.41, 5.74) is 2.86. The lowest BCUT2D eigenvalue weighted by Gasteiger charge is -2.34. The van der Waals surface area contributed by atoms with Crippen LogP contribution in [0.5, 0.6) is 5.75 Å². The number of carbonyl (C=O) groups is 2. The molecule has 0 aromatic heterocycles. The molecule has 0 saturated carbocycles. The van der Waals surface area contributed by atoms with Gasteiger partial charge < -0.3 is 15.0 Å². The maximum Gasteiger partial charge on any atom is 0.243 e. The minimum Gasteiger partial charge on any atom is -0.495 e. The number of nitrogens with one attached hydrogen (secondary N) is 1. The van der Waals surface area contributed by atoms with Gasteiger partial charge in [0.05, 0.1) is 19.1 Å². The third-order valence-electron chi connectivity index (χ3n) is 6.75. The number of methoxy groups -OCH3 is 1. The molecule has 1 unspecified atom stereocenters. The maximum atomic E-state index is 14.0. The number of hydrogen-bond donors (Lipinski definition) is 1. The van der Waals surface area contributed by atoms with E-state index in [1.54, 1.807) is 29.2 Å². The molecule has 0 bridgehead atoms. The molecule has 0 spiro atoms. The number of ether oxygens (including phenoxy) is 1. The molecule has 226 valence electrons. The van der Waals surface area contributed by atoms with Crippen LogP contribution < -0.4 is 14.4 Å². The molecule has 0 saturated heterocycles. The van der Waals surface area contributed by atoms with Crippen molar-refractivity contribution < 1.29 is 22.7 Å². The van der Waals surface area contributed by atoms with Gasteiger partial charge in [-0.25, -0.2) is 8.42 Å². The molecular weight excluding hydrogens is 550 g/mol. The zero-order valence-corrected chi connectivity index (χ0v) is 26.3. The summed E-state index contributed by atoms with van der Waals surface area (Å²) in [4.78, 5) is 29.3. The molecule has 1 atom stereocenters. The van der Waals surface area contributed by atoms with Crippen molar-refractivity contribution in [1.82, 2.24) is 10.2 Å². The van der Waals surface area contributed by atoms with Crippen molar-refractivity contribution >= 4 is 27.5 Å². The molecule has 2 amide bonds. The van der Waals surface area contributed by atoms with Gasteiger partial charge in [-0.1, -0.05) is 72.3 Å². The number of sulfonamides is 1. The van der Waals surface area contributed by atoms with Crippen molar-refractivity contribution in [2.45, 2.75) is 65.1 Å². The van der Waals surface area contributed by atoms with Crippen LogP contribution in [0.25, 0.3) is 0 Å². The molecule has 0 fully saturated rings. The largest absolute Gasteiger partial charge is 0.495 e. The number of anilines is 1. The Morgan fingerprint density at radius 1 is 0.905 bits per heavy atom. The van der Waals surface area contributed by atoms with Crippen LogP contribution in [0.1, 0.15) is 50.3 Å². The van der Waals surface area contributed by atoms with Crippen LogP contribution >= 0.6 is 0 Å². The second-order valence-corrected chi connectivity index (χ2v) is 13.5. The second kappa shape index (κ2) is 14.4. The molecule has 9 heteroatoms. The maximum absolute atomic E-state index is 14.0. The van der Waals surface area contributed by atoms with E-state index in [1.807, 2.05) is 82.3 Å². The van der Waals surface area contributed by atoms with Crippen LogP contribution in [-0.4, -0.2) is 56.6 Å². The van der Waals surface area contributed by atoms with Gasteiger partial charge in [-0.05, 0) is 57.4 Å². The number of carbonyl (C=O) groups excluding carboxylic acids is 2. The van der Waals surface area contributed by atoms with Gasteiger partial charge in [0.15, 0.2) is 0 Å². The Bertz CT molecular complexity index is 1430. The smallest absolute Gasteiger partial charge is 0.243 e. The van der Waals surface area contributed by atoms with Crippen molar-refractivity contribution in [3.63, 3.8) is 0 Å². The zero-order valence-electron chi connectivity index (χ0n) is 25.5. The van der Waals surface area contributed by atoms with E-state index in [9.17, 15) is 18.0 Å². The summed E-state index contributed by atoms with van der Waals surface area (Å²) >= 11 is 0. The van der Waals surface area contributed by atoms with Crippen molar-refractivity contribution in [2.24, 2.45) is 0 Å². The minimum absolute atomic E-state index is 0.0567. The number of amides is 2. The minimum atomic E-state index is -3.65. The fraction of sp³-hybridized carbons (Fsp3) is 0.394. The molecule has 0 heterocycles. The quantitative estimate of drug-likeness (QED) is 0.297. The van der Waals surface area contributed by atoms with Crippen molar-refractivity contribution in [2.75, 3.05) is 24.2 Å². The van der Waals surface area contributed by atoms with Gasteiger partial charge in [0.1, 0.15) is 11.8 Å². The highest BCUT2D eigenvalue weighted by Crippen LogP contribution is 2.30. The molecule has 3 rings (SSSR count). The van der Waals surface area contributed by atoms with E-state index in [2.05, 4.69) is 5.32 Å². The molecule has 8 nitrogen and oxygen atoms in total. The standard InChI is InChI=1S/C33H43N3O5S/c1-25-18-20-27(21-19-25)24-35(29(32(38)34-33(2,3)4)23-26-13-8-7-9-14-26)31(37)17-12-22-36(42(6,39)40)28-15-10-11-16-30(28)41-5/h7-11,13-16,18-21,29H,12,17,22-24H2,1-6H3,(H,34,38). The average molecular weight is 594 g/mol. The van der Waals surface area contributed by atoms with Crippen LogP contribution in [0, 0.1) is 6.92 Å². The van der Waals surface area contributed by atoms with E-state index in [0.29, 0.717) is 17.9 Å². The molecule has 0 aliphatic rings. The Kier molecular flexibility index (Phi) is 11.2. The van der Waals surface area contributed by atoms with Gasteiger partial charge in [0.25, 0.3) is 0 Å². The van der Waals surface area contributed by atoms with E-state index < -0.39 is 21.6 Å². The van der Waals surface area contributed by atoms with Gasteiger partial charge in [-0.15, -0.1) is 0 Å². The van der Waals surface area contributed by atoms with E-state index in [1.165, 1.54) is 11.4 Å². The lowest BCUT2D eigenvalue weighted by atomic mass is 10.00. The highest BCUT2D eigenvalue weighted by Gasteiger charge is 2.32. The molecule has 42 heavy (non-hydrogen) atoms. The highest BCUT2D eigenvalue weighted by atomic mass is 32.2. The number of rotatable bonds is 13. The Morgan fingerprint density at radius 3 is 2.12 bits per heavy atom. The first-order chi connectivity index (χ1) is 19.8. The monoisotopic (exact) mass is 593 g/mol. The van der Waals surface area contributed by atoms with Gasteiger partial charge in [-0.3, -0.25) is 13.9 Å². The fourth-order valence-electron chi connectivity index (χ4n) is 4.72. The Balaban J connectivity index is 1.91. The summed E-state index contributed by atoms with van der Waals surface area (Å²) in [5, 5.41) is 3.06. The van der Waals surface area contributed by atoms with Crippen LogP contribution in [0.3, 0.4) is 0 Å². The van der Waals surface area contributed by atoms with E-state index in [0.717, 1.165) is 22.9 Å². The number of aryl methyl sites for hydroxylation is 1. The van der Waals surface area contributed by atoms with Gasteiger partial charge >= 0.3 is 0 Å². The van der Waals surface area contributed by atoms with Crippen LogP contribution in [0.2, 0.25) is 0 Å². The molecule has 0 radical (unpaired) electrons. The fourth-order valence-corrected chi connectivity index (χ4v) is 5.68. The first-order valence-corrected chi connectivity index (χ1v) is 15.9. The van der Waals surface area contributed by atoms with Gasteiger partial charge in [0.2, 0.25) is 21.8 Å². The van der Waals surface area contributed by atoms with Crippen LogP contribution in [-0.2, 0) is 32.6 Å². The average Bonchev–Trinajstić information content (AvgIpc) is 2.93. The van der Waals surface area contributed by atoms with Crippen LogP contribution in [0.4, 0.5) is 5.69 Å². The number of hydrogen-bond acceptors (Lipinski definition) is 5. The summed E-state index contributed by atoms with van der Waals surface area (Å²) in [6.07, 6.45) is 1.79. The first-order valence-electron chi connectivity index (χ1n) is 14.1. The summed E-state index contributed by atoms with van der Waals surface area (Å²) in [6, 6.07) is 23.7. The van der Waals surface area contributed by atoms with E-state index in [4.69, 9.17) is 4.74 Å². The van der Waals surface area contributed by atoms with Gasteiger partial charge in [0, 0.05) is 31.5 Å². The number of nitrogens with zero attached hydrogens (tertiary/aromatic N) is 2. The van der Waals surface area contributed by atoms with Gasteiger partial charge in [-0.2, -0.15) is 0 Å². The zero-order chi connectivity index (χ0) is 30.9. The molecule has 1 N–H and O–H groups in total. The Hall–Kier alpha value is -3.85. The number of benzene rings is 3. The topological polar surface area (TPSA) is 96.0 Å². The molecular formula is C33H43N3O5S. The summed E-state index contributed by atoms with van der Waals surface area (Å²) in [7, 11) is -2.16. The summed E-state index contributed by atoms with van der Waals surface area (Å²) < 4.78 is 32.1. The SMILES string of the molecule is COc1ccccc1N(CCCC(=O)N(Cc1ccc(C)cc1)C(Cc1ccccc1)C(=O)NC(C)(C)C)S(C)(=O)=O. The number of para-hydroxylation sites is 2. The lowest BCUT2D eigenvalue weighted by molar-refractivity contribution is -0.142. The predicted octanol–water partition coefficient (Wildman–Crippen LogP) is 5.10. The molecule has 0 aliphatic carbocycles. The molecule has 3 aromatic carbocycles. The summed E-state index contributed by atoms with van der Waals surface area (Å²) in [6.45, 7) is 8.06.